The molecule has 4 nitrogen and oxygen atoms in total. The Morgan fingerprint density at radius 2 is 1.76 bits per heavy atom. The predicted octanol–water partition coefficient (Wildman–Crippen LogP) is 3.63. The molecule has 0 aliphatic rings. The molecule has 106 valence electrons. The number of nitrogens with two attached hydrogens (primary N) is 1. The van der Waals surface area contributed by atoms with Crippen molar-refractivity contribution in [1.29, 1.82) is 0 Å². The van der Waals surface area contributed by atoms with Crippen molar-refractivity contribution in [2.24, 2.45) is 5.73 Å². The average molecular weight is 300 g/mol. The van der Waals surface area contributed by atoms with E-state index in [0.717, 1.165) is 11.1 Å². The molecule has 3 rings (SSSR count). The predicted molar refractivity (Wildman–Crippen MR) is 81.8 cm³/mol. The standard InChI is InChI=1S/C16H14ClN3O/c17-13-9-5-4-8-12(13)15-19-16(21-20-15)14(18)10-11-6-2-1-3-7-11/h1-9,14H,10,18H2/t14-/m0/s1. The van der Waals surface area contributed by atoms with Crippen molar-refractivity contribution in [2.45, 2.75) is 12.5 Å². The normalized spacial score (nSPS) is 12.3. The van der Waals surface area contributed by atoms with Gasteiger partial charge in [-0.1, -0.05) is 59.2 Å². The second-order valence-electron chi connectivity index (χ2n) is 4.73. The van der Waals surface area contributed by atoms with Crippen molar-refractivity contribution in [1.82, 2.24) is 10.1 Å². The van der Waals surface area contributed by atoms with Crippen LogP contribution >= 0.6 is 11.6 Å². The lowest BCUT2D eigenvalue weighted by molar-refractivity contribution is 0.354. The van der Waals surface area contributed by atoms with Gasteiger partial charge in [0.2, 0.25) is 11.7 Å². The zero-order valence-electron chi connectivity index (χ0n) is 11.2. The first-order valence-corrected chi connectivity index (χ1v) is 7.00. The first kappa shape index (κ1) is 13.8. The summed E-state index contributed by atoms with van der Waals surface area (Å²) in [6.07, 6.45) is 0.644. The van der Waals surface area contributed by atoms with Crippen LogP contribution in [0.2, 0.25) is 5.02 Å². The summed E-state index contributed by atoms with van der Waals surface area (Å²) in [6.45, 7) is 0. The van der Waals surface area contributed by atoms with Crippen molar-refractivity contribution in [3.63, 3.8) is 0 Å². The molecule has 2 aromatic carbocycles. The number of aromatic nitrogens is 2. The third kappa shape index (κ3) is 3.12. The van der Waals surface area contributed by atoms with Gasteiger partial charge in [-0.15, -0.1) is 0 Å². The molecule has 2 N–H and O–H groups in total. The second kappa shape index (κ2) is 6.08. The van der Waals surface area contributed by atoms with Crippen LogP contribution in [0.25, 0.3) is 11.4 Å². The van der Waals surface area contributed by atoms with E-state index in [1.165, 1.54) is 0 Å². The maximum atomic E-state index is 6.13. The van der Waals surface area contributed by atoms with Gasteiger partial charge in [0.15, 0.2) is 0 Å². The topological polar surface area (TPSA) is 64.9 Å². The molecule has 0 fully saturated rings. The van der Waals surface area contributed by atoms with Crippen LogP contribution in [0.3, 0.4) is 0 Å². The number of hydrogen-bond acceptors (Lipinski definition) is 4. The van der Waals surface area contributed by atoms with Crippen molar-refractivity contribution < 1.29 is 4.52 Å². The summed E-state index contributed by atoms with van der Waals surface area (Å²) in [5.41, 5.74) is 7.99. The summed E-state index contributed by atoms with van der Waals surface area (Å²) < 4.78 is 5.26. The molecule has 0 bridgehead atoms. The van der Waals surface area contributed by atoms with E-state index >= 15 is 0 Å². The van der Waals surface area contributed by atoms with Crippen molar-refractivity contribution in [3.05, 3.63) is 71.1 Å². The van der Waals surface area contributed by atoms with E-state index in [1.54, 1.807) is 6.07 Å². The summed E-state index contributed by atoms with van der Waals surface area (Å²) in [7, 11) is 0. The summed E-state index contributed by atoms with van der Waals surface area (Å²) in [6, 6.07) is 17.0. The highest BCUT2D eigenvalue weighted by Gasteiger charge is 2.17. The van der Waals surface area contributed by atoms with Crippen LogP contribution in [0.15, 0.2) is 59.1 Å². The van der Waals surface area contributed by atoms with Crippen LogP contribution < -0.4 is 5.73 Å². The van der Waals surface area contributed by atoms with Gasteiger partial charge in [-0.2, -0.15) is 4.98 Å². The van der Waals surface area contributed by atoms with Crippen molar-refractivity contribution in [2.75, 3.05) is 0 Å². The molecular weight excluding hydrogens is 286 g/mol. The Morgan fingerprint density at radius 1 is 1.05 bits per heavy atom. The minimum Gasteiger partial charge on any atom is -0.337 e. The van der Waals surface area contributed by atoms with Gasteiger partial charge in [0.1, 0.15) is 0 Å². The summed E-state index contributed by atoms with van der Waals surface area (Å²) in [4.78, 5) is 4.35. The SMILES string of the molecule is N[C@@H](Cc1ccccc1)c1nc(-c2ccccc2Cl)no1. The fraction of sp³-hybridized carbons (Fsp3) is 0.125. The monoisotopic (exact) mass is 299 g/mol. The zero-order chi connectivity index (χ0) is 14.7. The first-order valence-electron chi connectivity index (χ1n) is 6.62. The third-order valence-corrected chi connectivity index (χ3v) is 3.50. The Bertz CT molecular complexity index is 727. The number of nitrogens with zero attached hydrogens (tertiary/aromatic N) is 2. The maximum Gasteiger partial charge on any atom is 0.244 e. The van der Waals surface area contributed by atoms with Crippen LogP contribution in [0.4, 0.5) is 0 Å². The fourth-order valence-electron chi connectivity index (χ4n) is 2.09. The molecule has 21 heavy (non-hydrogen) atoms. The van der Waals surface area contributed by atoms with Gasteiger partial charge in [0, 0.05) is 5.56 Å². The molecule has 3 aromatic rings. The quantitative estimate of drug-likeness (QED) is 0.799. The molecular formula is C16H14ClN3O. The lowest BCUT2D eigenvalue weighted by Gasteiger charge is -2.06. The van der Waals surface area contributed by atoms with Gasteiger partial charge >= 0.3 is 0 Å². The number of benzene rings is 2. The molecule has 1 heterocycles. The highest BCUT2D eigenvalue weighted by atomic mass is 35.5. The van der Waals surface area contributed by atoms with E-state index in [9.17, 15) is 0 Å². The Hall–Kier alpha value is -2.17. The van der Waals surface area contributed by atoms with Gasteiger partial charge in [0.05, 0.1) is 11.1 Å². The van der Waals surface area contributed by atoms with E-state index < -0.39 is 0 Å². The number of rotatable bonds is 4. The Balaban J connectivity index is 1.80. The molecule has 0 amide bonds. The minimum atomic E-state index is -0.337. The van der Waals surface area contributed by atoms with E-state index in [2.05, 4.69) is 10.1 Å². The highest BCUT2D eigenvalue weighted by molar-refractivity contribution is 6.33. The van der Waals surface area contributed by atoms with E-state index in [0.29, 0.717) is 23.2 Å². The van der Waals surface area contributed by atoms with E-state index in [-0.39, 0.29) is 6.04 Å². The smallest absolute Gasteiger partial charge is 0.244 e. The minimum absolute atomic E-state index is 0.337. The summed E-state index contributed by atoms with van der Waals surface area (Å²) in [5.74, 6) is 0.868. The van der Waals surface area contributed by atoms with Gasteiger partial charge in [-0.25, -0.2) is 0 Å². The van der Waals surface area contributed by atoms with Crippen LogP contribution in [-0.4, -0.2) is 10.1 Å². The average Bonchev–Trinajstić information content (AvgIpc) is 2.98. The van der Waals surface area contributed by atoms with Gasteiger partial charge in [-0.3, -0.25) is 0 Å². The van der Waals surface area contributed by atoms with Gasteiger partial charge < -0.3 is 10.3 Å². The molecule has 0 unspecified atom stereocenters. The lowest BCUT2D eigenvalue weighted by Crippen LogP contribution is -2.13. The molecule has 0 radical (unpaired) electrons. The fourth-order valence-corrected chi connectivity index (χ4v) is 2.31. The van der Waals surface area contributed by atoms with Crippen LogP contribution in [0.1, 0.15) is 17.5 Å². The molecule has 1 aromatic heterocycles. The zero-order valence-corrected chi connectivity index (χ0v) is 12.0. The van der Waals surface area contributed by atoms with Gasteiger partial charge in [-0.05, 0) is 24.1 Å². The number of halogens is 1. The summed E-state index contributed by atoms with van der Waals surface area (Å²) in [5, 5.41) is 4.54. The Morgan fingerprint density at radius 3 is 2.52 bits per heavy atom. The summed E-state index contributed by atoms with van der Waals surface area (Å²) >= 11 is 6.12. The molecule has 0 spiro atoms. The molecule has 0 aliphatic heterocycles. The number of hydrogen-bond donors (Lipinski definition) is 1. The largest absolute Gasteiger partial charge is 0.337 e. The van der Waals surface area contributed by atoms with Crippen LogP contribution in [-0.2, 0) is 6.42 Å². The second-order valence-corrected chi connectivity index (χ2v) is 5.14. The van der Waals surface area contributed by atoms with Crippen molar-refractivity contribution in [3.8, 4) is 11.4 Å². The lowest BCUT2D eigenvalue weighted by atomic mass is 10.1. The van der Waals surface area contributed by atoms with Crippen LogP contribution in [0, 0.1) is 0 Å². The molecule has 0 saturated heterocycles. The molecule has 0 aliphatic carbocycles. The van der Waals surface area contributed by atoms with Gasteiger partial charge in [0.25, 0.3) is 0 Å². The van der Waals surface area contributed by atoms with Crippen LogP contribution in [0.5, 0.6) is 0 Å². The Labute approximate surface area is 127 Å². The Kier molecular flexibility index (Phi) is 3.99. The molecule has 0 saturated carbocycles. The van der Waals surface area contributed by atoms with Crippen molar-refractivity contribution >= 4 is 11.6 Å². The maximum absolute atomic E-state index is 6.13. The molecule has 1 atom stereocenters. The third-order valence-electron chi connectivity index (χ3n) is 3.17. The first-order chi connectivity index (χ1) is 10.2. The van der Waals surface area contributed by atoms with E-state index in [1.807, 2.05) is 48.5 Å². The highest BCUT2D eigenvalue weighted by Crippen LogP contribution is 2.26. The molecule has 5 heteroatoms. The van der Waals surface area contributed by atoms with E-state index in [4.69, 9.17) is 21.9 Å².